The fourth-order valence-electron chi connectivity index (χ4n) is 4.64. The molecule has 32 heavy (non-hydrogen) atoms. The van der Waals surface area contributed by atoms with Crippen LogP contribution in [0.5, 0.6) is 0 Å². The minimum absolute atomic E-state index is 0.210. The van der Waals surface area contributed by atoms with Crippen LogP contribution in [-0.4, -0.2) is 0 Å². The predicted octanol–water partition coefficient (Wildman–Crippen LogP) is 8.82. The first-order valence-electron chi connectivity index (χ1n) is 12.4. The second kappa shape index (κ2) is 10.5. The molecule has 0 radical (unpaired) electrons. The van der Waals surface area contributed by atoms with Crippen molar-refractivity contribution < 1.29 is 0 Å². The van der Waals surface area contributed by atoms with E-state index in [1.807, 2.05) is 0 Å². The van der Waals surface area contributed by atoms with Crippen LogP contribution in [0.2, 0.25) is 0 Å². The first-order chi connectivity index (χ1) is 15.1. The molecule has 3 aromatic carbocycles. The van der Waals surface area contributed by atoms with Gasteiger partial charge in [0.05, 0.1) is 0 Å². The van der Waals surface area contributed by atoms with E-state index in [0.29, 0.717) is 11.8 Å². The summed E-state index contributed by atoms with van der Waals surface area (Å²) in [7, 11) is 0. The fraction of sp³-hybridized carbons (Fsp3) is 0.438. The summed E-state index contributed by atoms with van der Waals surface area (Å²) >= 11 is 0. The van der Waals surface area contributed by atoms with E-state index in [1.54, 1.807) is 0 Å². The Kier molecular flexibility index (Phi) is 7.99. The molecule has 0 aliphatic heterocycles. The van der Waals surface area contributed by atoms with Crippen LogP contribution in [0.1, 0.15) is 92.8 Å². The van der Waals surface area contributed by atoms with Gasteiger partial charge in [0.1, 0.15) is 0 Å². The number of benzene rings is 3. The van der Waals surface area contributed by atoms with Crippen molar-refractivity contribution >= 4 is 0 Å². The molecule has 0 aliphatic carbocycles. The molecular weight excluding hydrogens is 384 g/mol. The third kappa shape index (κ3) is 6.83. The summed E-state index contributed by atoms with van der Waals surface area (Å²) in [6.45, 7) is 16.1. The quantitative estimate of drug-likeness (QED) is 0.337. The summed E-state index contributed by atoms with van der Waals surface area (Å²) in [5, 5.41) is 0. The second-order valence-corrected chi connectivity index (χ2v) is 11.1. The van der Waals surface area contributed by atoms with Crippen LogP contribution in [0, 0.1) is 12.8 Å². The van der Waals surface area contributed by atoms with E-state index in [1.165, 1.54) is 45.4 Å². The van der Waals surface area contributed by atoms with Gasteiger partial charge >= 0.3 is 0 Å². The largest absolute Gasteiger partial charge is 0.0622 e. The molecule has 0 aliphatic rings. The number of aryl methyl sites for hydroxylation is 2. The van der Waals surface area contributed by atoms with Crippen LogP contribution in [-0.2, 0) is 24.7 Å². The minimum atomic E-state index is 0.210. The van der Waals surface area contributed by atoms with Gasteiger partial charge in [-0.2, -0.15) is 0 Å². The fourth-order valence-corrected chi connectivity index (χ4v) is 4.64. The van der Waals surface area contributed by atoms with Crippen molar-refractivity contribution in [2.45, 2.75) is 85.5 Å². The second-order valence-electron chi connectivity index (χ2n) is 11.1. The van der Waals surface area contributed by atoms with Crippen molar-refractivity contribution in [3.05, 3.63) is 106 Å². The zero-order chi connectivity index (χ0) is 23.3. The Bertz CT molecular complexity index is 999. The maximum atomic E-state index is 2.44. The highest BCUT2D eigenvalue weighted by Crippen LogP contribution is 2.28. The molecule has 0 bridgehead atoms. The molecule has 0 saturated heterocycles. The Morgan fingerprint density at radius 2 is 1.38 bits per heavy atom. The summed E-state index contributed by atoms with van der Waals surface area (Å²) in [6.07, 6.45) is 4.56. The maximum absolute atomic E-state index is 2.44. The van der Waals surface area contributed by atoms with E-state index in [0.717, 1.165) is 19.3 Å². The van der Waals surface area contributed by atoms with Gasteiger partial charge in [0, 0.05) is 0 Å². The van der Waals surface area contributed by atoms with Crippen LogP contribution in [0.4, 0.5) is 0 Å². The Labute approximate surface area is 197 Å². The van der Waals surface area contributed by atoms with Gasteiger partial charge in [0.15, 0.2) is 0 Å². The third-order valence-electron chi connectivity index (χ3n) is 6.67. The Balaban J connectivity index is 1.54. The molecule has 0 amide bonds. The molecule has 170 valence electrons. The lowest BCUT2D eigenvalue weighted by Crippen LogP contribution is -2.14. The van der Waals surface area contributed by atoms with Crippen LogP contribution in [0.3, 0.4) is 0 Å². The third-order valence-corrected chi connectivity index (χ3v) is 6.67. The molecule has 0 heteroatoms. The maximum Gasteiger partial charge on any atom is -0.00257 e. The van der Waals surface area contributed by atoms with Crippen molar-refractivity contribution in [3.8, 4) is 0 Å². The van der Waals surface area contributed by atoms with Gasteiger partial charge in [0.2, 0.25) is 0 Å². The molecule has 3 aromatic rings. The topological polar surface area (TPSA) is 0 Å². The zero-order valence-electron chi connectivity index (χ0n) is 21.3. The highest BCUT2D eigenvalue weighted by molar-refractivity contribution is 5.36. The first kappa shape index (κ1) is 24.3. The van der Waals surface area contributed by atoms with Gasteiger partial charge in [-0.05, 0) is 88.8 Å². The van der Waals surface area contributed by atoms with Gasteiger partial charge in [0.25, 0.3) is 0 Å². The summed E-state index contributed by atoms with van der Waals surface area (Å²) < 4.78 is 0. The highest BCUT2D eigenvalue weighted by Gasteiger charge is 2.17. The molecule has 0 saturated carbocycles. The smallest absolute Gasteiger partial charge is 0.00257 e. The summed E-state index contributed by atoms with van der Waals surface area (Å²) in [5.41, 5.74) is 10.3. The molecule has 0 aromatic heterocycles. The zero-order valence-corrected chi connectivity index (χ0v) is 21.3. The van der Waals surface area contributed by atoms with Gasteiger partial charge < -0.3 is 0 Å². The van der Waals surface area contributed by atoms with Gasteiger partial charge in [-0.25, -0.2) is 0 Å². The SMILES string of the molecule is Cc1ccc(CC(C)CCc2ccc(Cc3cccc(C(C)C)c3)cc2)cc1C(C)(C)C. The highest BCUT2D eigenvalue weighted by atomic mass is 14.2. The normalized spacial score (nSPS) is 12.9. The minimum Gasteiger partial charge on any atom is -0.0622 e. The van der Waals surface area contributed by atoms with Crippen molar-refractivity contribution in [2.24, 2.45) is 5.92 Å². The van der Waals surface area contributed by atoms with Crippen molar-refractivity contribution in [1.82, 2.24) is 0 Å². The van der Waals surface area contributed by atoms with Crippen LogP contribution >= 0.6 is 0 Å². The van der Waals surface area contributed by atoms with Crippen molar-refractivity contribution in [3.63, 3.8) is 0 Å². The number of hydrogen-bond donors (Lipinski definition) is 0. The standard InChI is InChI=1S/C32H42/c1-23(2)30-10-8-9-28(21-30)20-27-17-15-26(16-18-27)13-11-24(3)19-29-14-12-25(4)31(22-29)32(5,6)7/h8-10,12,14-18,21-24H,11,13,19-20H2,1-7H3. The first-order valence-corrected chi connectivity index (χ1v) is 12.4. The monoisotopic (exact) mass is 426 g/mol. The van der Waals surface area contributed by atoms with Gasteiger partial charge in [-0.15, -0.1) is 0 Å². The van der Waals surface area contributed by atoms with Gasteiger partial charge in [-0.1, -0.05) is 108 Å². The van der Waals surface area contributed by atoms with Crippen molar-refractivity contribution in [2.75, 3.05) is 0 Å². The molecule has 0 fully saturated rings. The van der Waals surface area contributed by atoms with Crippen LogP contribution in [0.15, 0.2) is 66.7 Å². The molecule has 0 N–H and O–H groups in total. The summed E-state index contributed by atoms with van der Waals surface area (Å²) in [5.74, 6) is 1.27. The Morgan fingerprint density at radius 1 is 0.719 bits per heavy atom. The van der Waals surface area contributed by atoms with E-state index in [4.69, 9.17) is 0 Å². The molecular formula is C32H42. The van der Waals surface area contributed by atoms with Crippen LogP contribution < -0.4 is 0 Å². The van der Waals surface area contributed by atoms with E-state index in [-0.39, 0.29) is 5.41 Å². The molecule has 1 atom stereocenters. The van der Waals surface area contributed by atoms with E-state index < -0.39 is 0 Å². The van der Waals surface area contributed by atoms with E-state index >= 15 is 0 Å². The Hall–Kier alpha value is -2.34. The van der Waals surface area contributed by atoms with Gasteiger partial charge in [-0.3, -0.25) is 0 Å². The molecule has 0 spiro atoms. The number of hydrogen-bond acceptors (Lipinski definition) is 0. The number of rotatable bonds is 8. The van der Waals surface area contributed by atoms with Crippen molar-refractivity contribution in [1.29, 1.82) is 0 Å². The average Bonchev–Trinajstić information content (AvgIpc) is 2.74. The molecule has 0 nitrogen and oxygen atoms in total. The lowest BCUT2D eigenvalue weighted by atomic mass is 9.82. The van der Waals surface area contributed by atoms with E-state index in [9.17, 15) is 0 Å². The predicted molar refractivity (Wildman–Crippen MR) is 141 cm³/mol. The van der Waals surface area contributed by atoms with E-state index in [2.05, 4.69) is 115 Å². The summed E-state index contributed by atoms with van der Waals surface area (Å²) in [4.78, 5) is 0. The summed E-state index contributed by atoms with van der Waals surface area (Å²) in [6, 6.07) is 25.4. The molecule has 3 rings (SSSR count). The lowest BCUT2D eigenvalue weighted by molar-refractivity contribution is 0.528. The Morgan fingerprint density at radius 3 is 2.03 bits per heavy atom. The van der Waals surface area contributed by atoms with Crippen LogP contribution in [0.25, 0.3) is 0 Å². The average molecular weight is 427 g/mol. The lowest BCUT2D eigenvalue weighted by Gasteiger charge is -2.23. The molecule has 1 unspecified atom stereocenters. The molecule has 0 heterocycles.